The van der Waals surface area contributed by atoms with E-state index in [9.17, 15) is 5.11 Å². The quantitative estimate of drug-likeness (QED) is 0.631. The standard InChI is InChI=1S/C15H23N3O2Si/c1-21(2,3)10-9-20-12-18-15(16-11-17-18)14(19)13-7-5-4-6-8-13/h4-8,11,14,19H,9-10,12H2,1-3H3. The van der Waals surface area contributed by atoms with E-state index in [1.54, 1.807) is 4.68 Å². The summed E-state index contributed by atoms with van der Waals surface area (Å²) in [7, 11) is -1.09. The molecular weight excluding hydrogens is 282 g/mol. The monoisotopic (exact) mass is 305 g/mol. The third-order valence-electron chi connectivity index (χ3n) is 3.22. The van der Waals surface area contributed by atoms with Crippen LogP contribution in [-0.2, 0) is 11.5 Å². The zero-order valence-corrected chi connectivity index (χ0v) is 13.9. The molecule has 1 N–H and O–H groups in total. The Morgan fingerprint density at radius 1 is 1.24 bits per heavy atom. The molecule has 114 valence electrons. The first-order valence-corrected chi connectivity index (χ1v) is 10.9. The normalized spacial score (nSPS) is 13.3. The van der Waals surface area contributed by atoms with Crippen molar-refractivity contribution in [2.45, 2.75) is 38.5 Å². The molecule has 0 bridgehead atoms. The molecule has 2 aromatic rings. The summed E-state index contributed by atoms with van der Waals surface area (Å²) in [6.45, 7) is 7.99. The van der Waals surface area contributed by atoms with Crippen LogP contribution < -0.4 is 0 Å². The molecular formula is C15H23N3O2Si. The molecule has 1 heterocycles. The average Bonchev–Trinajstić information content (AvgIpc) is 2.91. The number of aliphatic hydroxyl groups is 1. The van der Waals surface area contributed by atoms with Gasteiger partial charge in [-0.05, 0) is 11.6 Å². The van der Waals surface area contributed by atoms with Crippen LogP contribution in [0.25, 0.3) is 0 Å². The summed E-state index contributed by atoms with van der Waals surface area (Å²) in [5.74, 6) is 0.509. The van der Waals surface area contributed by atoms with Crippen LogP contribution >= 0.6 is 0 Å². The van der Waals surface area contributed by atoms with Gasteiger partial charge in [0.05, 0.1) is 0 Å². The van der Waals surface area contributed by atoms with Gasteiger partial charge >= 0.3 is 0 Å². The van der Waals surface area contributed by atoms with E-state index >= 15 is 0 Å². The first kappa shape index (κ1) is 15.9. The molecule has 0 saturated carbocycles. The maximum atomic E-state index is 10.4. The highest BCUT2D eigenvalue weighted by Gasteiger charge is 2.17. The summed E-state index contributed by atoms with van der Waals surface area (Å²) in [5.41, 5.74) is 0.800. The molecule has 0 spiro atoms. The number of hydrogen-bond acceptors (Lipinski definition) is 4. The summed E-state index contributed by atoms with van der Waals surface area (Å²) in [6, 6.07) is 10.6. The molecule has 1 aromatic heterocycles. The SMILES string of the molecule is C[Si](C)(C)CCOCn1ncnc1C(O)c1ccccc1. The maximum absolute atomic E-state index is 10.4. The van der Waals surface area contributed by atoms with Crippen LogP contribution in [0.4, 0.5) is 0 Å². The minimum absolute atomic E-state index is 0.323. The minimum Gasteiger partial charge on any atom is -0.380 e. The lowest BCUT2D eigenvalue weighted by molar-refractivity contribution is 0.0694. The van der Waals surface area contributed by atoms with Crippen molar-refractivity contribution in [3.8, 4) is 0 Å². The summed E-state index contributed by atoms with van der Waals surface area (Å²) in [5, 5.41) is 14.5. The second-order valence-corrected chi connectivity index (χ2v) is 11.9. The molecule has 2 rings (SSSR count). The van der Waals surface area contributed by atoms with E-state index in [1.807, 2.05) is 30.3 Å². The number of nitrogens with zero attached hydrogens (tertiary/aromatic N) is 3. The fourth-order valence-corrected chi connectivity index (χ4v) is 2.65. The Hall–Kier alpha value is -1.50. The van der Waals surface area contributed by atoms with Gasteiger partial charge in [-0.2, -0.15) is 5.10 Å². The lowest BCUT2D eigenvalue weighted by Crippen LogP contribution is -2.22. The second-order valence-electron chi connectivity index (χ2n) is 6.28. The van der Waals surface area contributed by atoms with Crippen LogP contribution in [0, 0.1) is 0 Å². The van der Waals surface area contributed by atoms with E-state index < -0.39 is 14.2 Å². The van der Waals surface area contributed by atoms with E-state index in [2.05, 4.69) is 29.7 Å². The predicted octanol–water partition coefficient (Wildman–Crippen LogP) is 2.67. The van der Waals surface area contributed by atoms with Crippen molar-refractivity contribution >= 4 is 8.07 Å². The van der Waals surface area contributed by atoms with Crippen LogP contribution in [-0.4, -0.2) is 34.6 Å². The number of aliphatic hydroxyl groups excluding tert-OH is 1. The summed E-state index contributed by atoms with van der Waals surface area (Å²) >= 11 is 0. The van der Waals surface area contributed by atoms with E-state index in [4.69, 9.17) is 4.74 Å². The molecule has 0 saturated heterocycles. The largest absolute Gasteiger partial charge is 0.380 e. The third-order valence-corrected chi connectivity index (χ3v) is 4.92. The number of aromatic nitrogens is 3. The Labute approximate surface area is 126 Å². The Balaban J connectivity index is 1.96. The van der Waals surface area contributed by atoms with Crippen molar-refractivity contribution in [1.29, 1.82) is 0 Å². The Morgan fingerprint density at radius 3 is 2.62 bits per heavy atom. The van der Waals surface area contributed by atoms with Gasteiger partial charge in [0.15, 0.2) is 5.82 Å². The predicted molar refractivity (Wildman–Crippen MR) is 84.6 cm³/mol. The van der Waals surface area contributed by atoms with Gasteiger partial charge in [0.25, 0.3) is 0 Å². The molecule has 1 unspecified atom stereocenters. The molecule has 0 fully saturated rings. The Kier molecular flexibility index (Phi) is 5.27. The summed E-state index contributed by atoms with van der Waals surface area (Å²) in [6.07, 6.45) is 0.665. The average molecular weight is 305 g/mol. The van der Waals surface area contributed by atoms with Crippen LogP contribution in [0.15, 0.2) is 36.7 Å². The van der Waals surface area contributed by atoms with Gasteiger partial charge in [-0.3, -0.25) is 0 Å². The molecule has 5 nitrogen and oxygen atoms in total. The fraction of sp³-hybridized carbons (Fsp3) is 0.467. The number of hydrogen-bond donors (Lipinski definition) is 1. The van der Waals surface area contributed by atoms with E-state index in [-0.39, 0.29) is 0 Å². The summed E-state index contributed by atoms with van der Waals surface area (Å²) < 4.78 is 7.28. The lowest BCUT2D eigenvalue weighted by Gasteiger charge is -2.16. The van der Waals surface area contributed by atoms with Crippen LogP contribution in [0.5, 0.6) is 0 Å². The third kappa shape index (κ3) is 4.77. The van der Waals surface area contributed by atoms with Crippen LogP contribution in [0.1, 0.15) is 17.5 Å². The zero-order valence-electron chi connectivity index (χ0n) is 12.9. The topological polar surface area (TPSA) is 60.2 Å². The van der Waals surface area contributed by atoms with Crippen molar-refractivity contribution < 1.29 is 9.84 Å². The first-order valence-electron chi connectivity index (χ1n) is 7.16. The molecule has 0 aliphatic carbocycles. The van der Waals surface area contributed by atoms with Crippen molar-refractivity contribution in [1.82, 2.24) is 14.8 Å². The second kappa shape index (κ2) is 6.97. The van der Waals surface area contributed by atoms with Crippen LogP contribution in [0.3, 0.4) is 0 Å². The molecule has 0 radical (unpaired) electrons. The summed E-state index contributed by atoms with van der Waals surface area (Å²) in [4.78, 5) is 4.15. The molecule has 1 atom stereocenters. The molecule has 0 amide bonds. The van der Waals surface area contributed by atoms with Gasteiger partial charge < -0.3 is 9.84 Å². The van der Waals surface area contributed by atoms with E-state index in [0.717, 1.165) is 18.2 Å². The Bertz CT molecular complexity index is 552. The molecule has 0 aliphatic heterocycles. The Morgan fingerprint density at radius 2 is 1.95 bits per heavy atom. The highest BCUT2D eigenvalue weighted by Crippen LogP contribution is 2.19. The number of ether oxygens (including phenoxy) is 1. The molecule has 6 heteroatoms. The van der Waals surface area contributed by atoms with Gasteiger partial charge in [0, 0.05) is 14.7 Å². The zero-order chi connectivity index (χ0) is 15.3. The molecule has 1 aromatic carbocycles. The number of benzene rings is 1. The van der Waals surface area contributed by atoms with Crippen molar-refractivity contribution in [2.24, 2.45) is 0 Å². The van der Waals surface area contributed by atoms with Crippen molar-refractivity contribution in [2.75, 3.05) is 6.61 Å². The highest BCUT2D eigenvalue weighted by molar-refractivity contribution is 6.76. The van der Waals surface area contributed by atoms with Gasteiger partial charge in [-0.1, -0.05) is 50.0 Å². The maximum Gasteiger partial charge on any atom is 0.162 e. The van der Waals surface area contributed by atoms with Gasteiger partial charge in [-0.15, -0.1) is 0 Å². The van der Waals surface area contributed by atoms with Crippen molar-refractivity contribution in [3.05, 3.63) is 48.0 Å². The van der Waals surface area contributed by atoms with Crippen molar-refractivity contribution in [3.63, 3.8) is 0 Å². The lowest BCUT2D eigenvalue weighted by atomic mass is 10.1. The minimum atomic E-state index is -1.09. The van der Waals surface area contributed by atoms with Gasteiger partial charge in [0.1, 0.15) is 19.2 Å². The van der Waals surface area contributed by atoms with E-state index in [1.165, 1.54) is 6.33 Å². The highest BCUT2D eigenvalue weighted by atomic mass is 28.3. The fourth-order valence-electron chi connectivity index (χ4n) is 1.90. The van der Waals surface area contributed by atoms with Gasteiger partial charge in [0.2, 0.25) is 0 Å². The smallest absolute Gasteiger partial charge is 0.162 e. The molecule has 21 heavy (non-hydrogen) atoms. The first-order chi connectivity index (χ1) is 9.97. The van der Waals surface area contributed by atoms with E-state index in [0.29, 0.717) is 12.6 Å². The van der Waals surface area contributed by atoms with Gasteiger partial charge in [-0.25, -0.2) is 9.67 Å². The number of rotatable bonds is 7. The van der Waals surface area contributed by atoms with Crippen LogP contribution in [0.2, 0.25) is 25.7 Å². The molecule has 0 aliphatic rings.